The molecule has 0 spiro atoms. The van der Waals surface area contributed by atoms with Gasteiger partial charge in [-0.05, 0) is 49.2 Å². The maximum atomic E-state index is 9.65. The van der Waals surface area contributed by atoms with Crippen LogP contribution in [0.4, 0.5) is 0 Å². The van der Waals surface area contributed by atoms with Crippen molar-refractivity contribution >= 4 is 12.6 Å². The van der Waals surface area contributed by atoms with Gasteiger partial charge >= 0.3 is 7.12 Å². The summed E-state index contributed by atoms with van der Waals surface area (Å²) in [6.07, 6.45) is 9.58. The number of hydrogen-bond donors (Lipinski definition) is 1. The molecule has 3 nitrogen and oxygen atoms in total. The highest BCUT2D eigenvalue weighted by molar-refractivity contribution is 6.61. The van der Waals surface area contributed by atoms with Gasteiger partial charge in [-0.3, -0.25) is 0 Å². The minimum atomic E-state index is -0.842. The fourth-order valence-corrected chi connectivity index (χ4v) is 1.84. The van der Waals surface area contributed by atoms with Crippen molar-refractivity contribution in [2.24, 2.45) is 0 Å². The molecule has 0 unspecified atom stereocenters. The molecule has 0 bridgehead atoms. The molecule has 0 amide bonds. The number of benzene rings is 1. The fourth-order valence-electron chi connectivity index (χ4n) is 1.84. The van der Waals surface area contributed by atoms with Gasteiger partial charge in [-0.25, -0.2) is 0 Å². The Morgan fingerprint density at radius 2 is 2.21 bits per heavy atom. The quantitative estimate of drug-likeness (QED) is 0.510. The summed E-state index contributed by atoms with van der Waals surface area (Å²) >= 11 is 0. The predicted octanol–water partition coefficient (Wildman–Crippen LogP) is 2.32. The first-order valence-corrected chi connectivity index (χ1v) is 6.30. The van der Waals surface area contributed by atoms with Crippen molar-refractivity contribution in [3.63, 3.8) is 0 Å². The molecule has 1 aliphatic rings. The van der Waals surface area contributed by atoms with Crippen molar-refractivity contribution in [1.82, 2.24) is 0 Å². The van der Waals surface area contributed by atoms with Gasteiger partial charge in [-0.2, -0.15) is 0 Å². The van der Waals surface area contributed by atoms with E-state index in [-0.39, 0.29) is 0 Å². The summed E-state index contributed by atoms with van der Waals surface area (Å²) < 4.78 is 10.9. The molecule has 1 heterocycles. The zero-order valence-electron chi connectivity index (χ0n) is 11.2. The van der Waals surface area contributed by atoms with Crippen LogP contribution >= 0.6 is 0 Å². The molecule has 4 heteroatoms. The maximum absolute atomic E-state index is 9.65. The molecular weight excluding hydrogens is 239 g/mol. The van der Waals surface area contributed by atoms with E-state index in [1.807, 2.05) is 62.4 Å². The van der Waals surface area contributed by atoms with Crippen molar-refractivity contribution in [2.75, 3.05) is 0 Å². The average molecular weight is 256 g/mol. The summed E-state index contributed by atoms with van der Waals surface area (Å²) in [7, 11) is -0.842. The number of ether oxygens (including phenoxy) is 1. The number of rotatable bonds is 4. The Kier molecular flexibility index (Phi) is 4.60. The zero-order chi connectivity index (χ0) is 13.7. The smallest absolute Gasteiger partial charge is 0.458 e. The lowest BCUT2D eigenvalue weighted by Crippen LogP contribution is -2.27. The van der Waals surface area contributed by atoms with Crippen LogP contribution in [-0.4, -0.2) is 12.1 Å². The summed E-state index contributed by atoms with van der Waals surface area (Å²) in [6, 6.07) is 5.62. The van der Waals surface area contributed by atoms with E-state index in [0.717, 1.165) is 16.8 Å². The lowest BCUT2D eigenvalue weighted by molar-refractivity contribution is 0.275. The van der Waals surface area contributed by atoms with Gasteiger partial charge in [0.25, 0.3) is 0 Å². The van der Waals surface area contributed by atoms with Crippen LogP contribution in [0.2, 0.25) is 0 Å². The Bertz CT molecular complexity index is 532. The van der Waals surface area contributed by atoms with Crippen LogP contribution in [0.3, 0.4) is 0 Å². The van der Waals surface area contributed by atoms with Gasteiger partial charge in [0.1, 0.15) is 11.5 Å². The molecule has 1 N–H and O–H groups in total. The topological polar surface area (TPSA) is 38.7 Å². The van der Waals surface area contributed by atoms with Crippen molar-refractivity contribution < 1.29 is 14.4 Å². The van der Waals surface area contributed by atoms with Gasteiger partial charge in [-0.15, -0.1) is 0 Å². The van der Waals surface area contributed by atoms with Crippen molar-refractivity contribution in [3.8, 4) is 5.75 Å². The molecule has 98 valence electrons. The fraction of sp³-hybridized carbons (Fsp3) is 0.200. The second-order valence-corrected chi connectivity index (χ2v) is 4.20. The minimum Gasteiger partial charge on any atom is -0.458 e. The van der Waals surface area contributed by atoms with Gasteiger partial charge in [0.15, 0.2) is 0 Å². The third kappa shape index (κ3) is 3.37. The molecule has 0 radical (unpaired) electrons. The molecular formula is C15H17BO3. The van der Waals surface area contributed by atoms with Crippen molar-refractivity contribution in [2.45, 2.75) is 20.5 Å². The average Bonchev–Trinajstić information content (AvgIpc) is 2.79. The molecule has 19 heavy (non-hydrogen) atoms. The Morgan fingerprint density at radius 3 is 2.95 bits per heavy atom. The van der Waals surface area contributed by atoms with E-state index in [1.54, 1.807) is 0 Å². The predicted molar refractivity (Wildman–Crippen MR) is 77.2 cm³/mol. The number of hydrogen-bond acceptors (Lipinski definition) is 3. The second-order valence-electron chi connectivity index (χ2n) is 4.20. The Hall–Kier alpha value is -1.78. The van der Waals surface area contributed by atoms with Crippen LogP contribution < -0.4 is 10.2 Å². The van der Waals surface area contributed by atoms with Crippen LogP contribution in [0.5, 0.6) is 5.75 Å². The molecule has 1 aliphatic heterocycles. The highest BCUT2D eigenvalue weighted by atomic mass is 16.5. The van der Waals surface area contributed by atoms with Gasteiger partial charge in [-0.1, -0.05) is 24.3 Å². The van der Waals surface area contributed by atoms with Crippen molar-refractivity contribution in [3.05, 3.63) is 59.9 Å². The number of allylic oxidation sites excluding steroid dienone is 5. The van der Waals surface area contributed by atoms with E-state index >= 15 is 0 Å². The maximum Gasteiger partial charge on any atom is 0.491 e. The van der Waals surface area contributed by atoms with E-state index in [4.69, 9.17) is 9.39 Å². The van der Waals surface area contributed by atoms with Crippen LogP contribution in [-0.2, 0) is 11.3 Å². The van der Waals surface area contributed by atoms with Gasteiger partial charge in [0, 0.05) is 0 Å². The van der Waals surface area contributed by atoms with E-state index in [0.29, 0.717) is 12.4 Å². The van der Waals surface area contributed by atoms with Crippen LogP contribution in [0.25, 0.3) is 0 Å². The Balaban J connectivity index is 2.13. The van der Waals surface area contributed by atoms with Crippen LogP contribution in [0.1, 0.15) is 19.4 Å². The first-order valence-electron chi connectivity index (χ1n) is 6.30. The molecule has 0 fully saturated rings. The molecule has 0 saturated carbocycles. The molecule has 0 aromatic heterocycles. The second kappa shape index (κ2) is 6.41. The standard InChI is InChI=1S/C15H17BO3/c1-3-5-6-7-13(4-2)19-14-9-8-12-11-18-16(17)15(12)10-14/h3-10,17H,11H2,1-2H3/b5-3-,7-6-,13-4+. The minimum absolute atomic E-state index is 0.453. The Labute approximate surface area is 114 Å². The summed E-state index contributed by atoms with van der Waals surface area (Å²) in [5.74, 6) is 1.45. The first kappa shape index (κ1) is 13.7. The van der Waals surface area contributed by atoms with E-state index in [9.17, 15) is 5.02 Å². The summed E-state index contributed by atoms with van der Waals surface area (Å²) in [5, 5.41) is 9.65. The number of fused-ring (bicyclic) bond motifs is 1. The van der Waals surface area contributed by atoms with E-state index < -0.39 is 7.12 Å². The summed E-state index contributed by atoms with van der Waals surface area (Å²) in [4.78, 5) is 0. The first-order chi connectivity index (χ1) is 9.24. The van der Waals surface area contributed by atoms with Crippen LogP contribution in [0, 0.1) is 0 Å². The SMILES string of the molecule is C\C=C/C=C\C(=C/C)Oc1ccc2c(c1)B(O)OC2. The highest BCUT2D eigenvalue weighted by Gasteiger charge is 2.27. The lowest BCUT2D eigenvalue weighted by Gasteiger charge is -2.07. The largest absolute Gasteiger partial charge is 0.491 e. The molecule has 0 saturated heterocycles. The van der Waals surface area contributed by atoms with Gasteiger partial charge in [0.2, 0.25) is 0 Å². The van der Waals surface area contributed by atoms with Crippen LogP contribution in [0.15, 0.2) is 54.3 Å². The molecule has 1 aromatic rings. The normalized spacial score (nSPS) is 15.5. The van der Waals surface area contributed by atoms with E-state index in [1.165, 1.54) is 0 Å². The third-order valence-electron chi connectivity index (χ3n) is 2.86. The Morgan fingerprint density at radius 1 is 1.37 bits per heavy atom. The monoisotopic (exact) mass is 256 g/mol. The molecule has 0 atom stereocenters. The summed E-state index contributed by atoms with van der Waals surface area (Å²) in [5.41, 5.74) is 1.79. The van der Waals surface area contributed by atoms with Crippen molar-refractivity contribution in [1.29, 1.82) is 0 Å². The zero-order valence-corrected chi connectivity index (χ0v) is 11.2. The lowest BCUT2D eigenvalue weighted by atomic mass is 9.79. The third-order valence-corrected chi connectivity index (χ3v) is 2.86. The molecule has 1 aromatic carbocycles. The molecule has 0 aliphatic carbocycles. The summed E-state index contributed by atoms with van der Waals surface area (Å²) in [6.45, 7) is 4.33. The van der Waals surface area contributed by atoms with Gasteiger partial charge in [0.05, 0.1) is 6.61 Å². The highest BCUT2D eigenvalue weighted by Crippen LogP contribution is 2.18. The van der Waals surface area contributed by atoms with Gasteiger partial charge < -0.3 is 14.4 Å². The molecule has 2 rings (SSSR count). The van der Waals surface area contributed by atoms with E-state index in [2.05, 4.69) is 0 Å².